The van der Waals surface area contributed by atoms with Crippen LogP contribution < -0.4 is 4.90 Å². The molecular weight excluding hydrogens is 250 g/mol. The first-order valence-corrected chi connectivity index (χ1v) is 6.51. The fraction of sp³-hybridized carbons (Fsp3) is 0.118. The summed E-state index contributed by atoms with van der Waals surface area (Å²) in [5, 5.41) is 10.3. The Kier molecular flexibility index (Phi) is 3.12. The zero-order valence-corrected chi connectivity index (χ0v) is 11.2. The van der Waals surface area contributed by atoms with Crippen molar-refractivity contribution in [2.24, 2.45) is 0 Å². The molecule has 1 atom stereocenters. The molecule has 3 rings (SSSR count). The number of aliphatic hydroxyl groups excluding tert-OH is 1. The molecule has 20 heavy (non-hydrogen) atoms. The van der Waals surface area contributed by atoms with Crippen molar-refractivity contribution in [3.63, 3.8) is 0 Å². The van der Waals surface area contributed by atoms with Gasteiger partial charge in [-0.15, -0.1) is 0 Å². The minimum Gasteiger partial charge on any atom is -0.384 e. The highest BCUT2D eigenvalue weighted by Crippen LogP contribution is 2.36. The van der Waals surface area contributed by atoms with Crippen LogP contribution in [0.5, 0.6) is 0 Å². The van der Waals surface area contributed by atoms with Gasteiger partial charge in [-0.1, -0.05) is 48.5 Å². The standard InChI is InChI=1S/C17H15NO2/c1-18-15-10-6-5-9-13(15)14(17(18)20)11-16(19)12-7-3-2-4-8-12/h2-11,16,19H,1H3. The quantitative estimate of drug-likeness (QED) is 0.848. The van der Waals surface area contributed by atoms with Crippen molar-refractivity contribution in [2.75, 3.05) is 11.9 Å². The van der Waals surface area contributed by atoms with Crippen molar-refractivity contribution in [3.05, 3.63) is 71.8 Å². The minimum absolute atomic E-state index is 0.0822. The van der Waals surface area contributed by atoms with Gasteiger partial charge in [-0.3, -0.25) is 4.79 Å². The zero-order chi connectivity index (χ0) is 14.1. The van der Waals surface area contributed by atoms with Crippen LogP contribution >= 0.6 is 0 Å². The molecule has 100 valence electrons. The molecule has 0 bridgehead atoms. The van der Waals surface area contributed by atoms with Gasteiger partial charge < -0.3 is 10.0 Å². The molecule has 0 fully saturated rings. The third-order valence-electron chi connectivity index (χ3n) is 3.56. The SMILES string of the molecule is CN1C(=O)C(=CC(O)c2ccccc2)c2ccccc21. The molecule has 1 unspecified atom stereocenters. The van der Waals surface area contributed by atoms with Gasteiger partial charge in [-0.05, 0) is 17.7 Å². The summed E-state index contributed by atoms with van der Waals surface area (Å²) >= 11 is 0. The van der Waals surface area contributed by atoms with Crippen LogP contribution in [0.3, 0.4) is 0 Å². The predicted molar refractivity (Wildman–Crippen MR) is 79.2 cm³/mol. The largest absolute Gasteiger partial charge is 0.384 e. The lowest BCUT2D eigenvalue weighted by Crippen LogP contribution is -2.20. The number of aliphatic hydroxyl groups is 1. The van der Waals surface area contributed by atoms with Crippen molar-refractivity contribution in [1.82, 2.24) is 0 Å². The Bertz CT molecular complexity index is 676. The number of anilines is 1. The second-order valence-corrected chi connectivity index (χ2v) is 4.82. The first-order chi connectivity index (χ1) is 9.68. The lowest BCUT2D eigenvalue weighted by Gasteiger charge is -2.08. The van der Waals surface area contributed by atoms with Crippen LogP contribution in [0.2, 0.25) is 0 Å². The number of carbonyl (C=O) groups is 1. The summed E-state index contributed by atoms with van der Waals surface area (Å²) in [7, 11) is 1.75. The summed E-state index contributed by atoms with van der Waals surface area (Å²) in [6.45, 7) is 0. The normalized spacial score (nSPS) is 17.4. The van der Waals surface area contributed by atoms with Crippen molar-refractivity contribution >= 4 is 17.2 Å². The molecule has 1 N–H and O–H groups in total. The Labute approximate surface area is 117 Å². The summed E-state index contributed by atoms with van der Waals surface area (Å²) in [4.78, 5) is 13.9. The van der Waals surface area contributed by atoms with Crippen LogP contribution in [0, 0.1) is 0 Å². The van der Waals surface area contributed by atoms with E-state index >= 15 is 0 Å². The molecule has 1 amide bonds. The van der Waals surface area contributed by atoms with E-state index in [2.05, 4.69) is 0 Å². The second kappa shape index (κ2) is 4.94. The Morgan fingerprint density at radius 1 is 1.05 bits per heavy atom. The van der Waals surface area contributed by atoms with E-state index in [4.69, 9.17) is 0 Å². The van der Waals surface area contributed by atoms with E-state index in [1.54, 1.807) is 18.0 Å². The molecule has 0 radical (unpaired) electrons. The number of nitrogens with zero attached hydrogens (tertiary/aromatic N) is 1. The fourth-order valence-corrected chi connectivity index (χ4v) is 2.46. The first-order valence-electron chi connectivity index (χ1n) is 6.51. The highest BCUT2D eigenvalue weighted by molar-refractivity contribution is 6.32. The minimum atomic E-state index is -0.783. The van der Waals surface area contributed by atoms with Crippen molar-refractivity contribution in [3.8, 4) is 0 Å². The molecule has 1 aliphatic heterocycles. The summed E-state index contributed by atoms with van der Waals surface area (Å²) < 4.78 is 0. The molecule has 2 aromatic rings. The highest BCUT2D eigenvalue weighted by Gasteiger charge is 2.29. The van der Waals surface area contributed by atoms with Gasteiger partial charge in [0, 0.05) is 18.2 Å². The topological polar surface area (TPSA) is 40.5 Å². The molecule has 0 spiro atoms. The smallest absolute Gasteiger partial charge is 0.258 e. The van der Waals surface area contributed by atoms with E-state index < -0.39 is 6.10 Å². The number of hydrogen-bond acceptors (Lipinski definition) is 2. The summed E-state index contributed by atoms with van der Waals surface area (Å²) in [6, 6.07) is 16.9. The Morgan fingerprint density at radius 2 is 1.70 bits per heavy atom. The van der Waals surface area contributed by atoms with Crippen LogP contribution in [-0.2, 0) is 4.79 Å². The number of hydrogen-bond donors (Lipinski definition) is 1. The molecule has 0 aromatic heterocycles. The van der Waals surface area contributed by atoms with Gasteiger partial charge >= 0.3 is 0 Å². The van der Waals surface area contributed by atoms with Gasteiger partial charge in [0.15, 0.2) is 0 Å². The number of carbonyl (C=O) groups excluding carboxylic acids is 1. The van der Waals surface area contributed by atoms with Crippen LogP contribution in [0.1, 0.15) is 17.2 Å². The highest BCUT2D eigenvalue weighted by atomic mass is 16.3. The molecule has 1 heterocycles. The molecule has 3 heteroatoms. The zero-order valence-electron chi connectivity index (χ0n) is 11.2. The third kappa shape index (κ3) is 2.02. The van der Waals surface area contributed by atoms with Crippen LogP contribution in [0.15, 0.2) is 60.7 Å². The fourth-order valence-electron chi connectivity index (χ4n) is 2.46. The monoisotopic (exact) mass is 265 g/mol. The Balaban J connectivity index is 2.02. The van der Waals surface area contributed by atoms with E-state index in [9.17, 15) is 9.90 Å². The lowest BCUT2D eigenvalue weighted by molar-refractivity contribution is -0.112. The average Bonchev–Trinajstić information content (AvgIpc) is 2.74. The second-order valence-electron chi connectivity index (χ2n) is 4.82. The maximum absolute atomic E-state index is 12.3. The number of rotatable bonds is 2. The number of para-hydroxylation sites is 1. The van der Waals surface area contributed by atoms with Gasteiger partial charge in [-0.2, -0.15) is 0 Å². The van der Waals surface area contributed by atoms with Gasteiger partial charge in [0.25, 0.3) is 5.91 Å². The summed E-state index contributed by atoms with van der Waals surface area (Å²) in [6.07, 6.45) is 0.842. The van der Waals surface area contributed by atoms with Crippen LogP contribution in [-0.4, -0.2) is 18.1 Å². The van der Waals surface area contributed by atoms with Gasteiger partial charge in [0.05, 0.1) is 11.8 Å². The van der Waals surface area contributed by atoms with E-state index in [1.165, 1.54) is 0 Å². The molecule has 1 aliphatic rings. The lowest BCUT2D eigenvalue weighted by atomic mass is 10.0. The van der Waals surface area contributed by atoms with E-state index in [-0.39, 0.29) is 5.91 Å². The average molecular weight is 265 g/mol. The summed E-state index contributed by atoms with van der Waals surface area (Å²) in [5.41, 5.74) is 3.08. The van der Waals surface area contributed by atoms with Crippen LogP contribution in [0.4, 0.5) is 5.69 Å². The predicted octanol–water partition coefficient (Wildman–Crippen LogP) is 2.78. The number of likely N-dealkylation sites (N-methyl/N-ethyl adjacent to an activating group) is 1. The Hall–Kier alpha value is -2.39. The molecule has 3 nitrogen and oxygen atoms in total. The number of amides is 1. The van der Waals surface area contributed by atoms with Crippen molar-refractivity contribution in [2.45, 2.75) is 6.10 Å². The van der Waals surface area contributed by atoms with Gasteiger partial charge in [-0.25, -0.2) is 0 Å². The molecule has 2 aromatic carbocycles. The van der Waals surface area contributed by atoms with Crippen LogP contribution in [0.25, 0.3) is 5.57 Å². The van der Waals surface area contributed by atoms with E-state index in [0.29, 0.717) is 5.57 Å². The number of fused-ring (bicyclic) bond motifs is 1. The number of benzene rings is 2. The maximum atomic E-state index is 12.3. The first kappa shape index (κ1) is 12.6. The van der Waals surface area contributed by atoms with Gasteiger partial charge in [0.2, 0.25) is 0 Å². The van der Waals surface area contributed by atoms with Gasteiger partial charge in [0.1, 0.15) is 0 Å². The molecule has 0 saturated heterocycles. The van der Waals surface area contributed by atoms with Crippen molar-refractivity contribution < 1.29 is 9.90 Å². The maximum Gasteiger partial charge on any atom is 0.258 e. The Morgan fingerprint density at radius 3 is 2.45 bits per heavy atom. The molecule has 0 saturated carbocycles. The van der Waals surface area contributed by atoms with E-state index in [1.807, 2.05) is 54.6 Å². The molecular formula is C17H15NO2. The third-order valence-corrected chi connectivity index (χ3v) is 3.56. The summed E-state index contributed by atoms with van der Waals surface area (Å²) in [5.74, 6) is -0.0822. The van der Waals surface area contributed by atoms with E-state index in [0.717, 1.165) is 16.8 Å². The molecule has 0 aliphatic carbocycles. The van der Waals surface area contributed by atoms with Crippen molar-refractivity contribution in [1.29, 1.82) is 0 Å².